The van der Waals surface area contributed by atoms with E-state index in [9.17, 15) is 37.1 Å². The van der Waals surface area contributed by atoms with E-state index in [1.165, 1.54) is 30.3 Å². The van der Waals surface area contributed by atoms with Crippen LogP contribution in [-0.4, -0.2) is 26.7 Å². The van der Waals surface area contributed by atoms with Crippen LogP contribution in [0.5, 0.6) is 0 Å². The number of amides is 2. The lowest BCUT2D eigenvalue weighted by Crippen LogP contribution is -2.47. The van der Waals surface area contributed by atoms with Gasteiger partial charge in [-0.05, 0) is 43.7 Å². The van der Waals surface area contributed by atoms with Gasteiger partial charge in [0.2, 0.25) is 0 Å². The molecule has 34 heavy (non-hydrogen) atoms. The maximum absolute atomic E-state index is 13.2. The number of benzene rings is 2. The molecule has 1 heterocycles. The highest BCUT2D eigenvalue weighted by atomic mass is 32.3. The number of hydrogen-bond donors (Lipinski definition) is 3. The Morgan fingerprint density at radius 2 is 1.91 bits per heavy atom. The van der Waals surface area contributed by atoms with E-state index in [0.29, 0.717) is 0 Å². The number of nitriles is 1. The first-order valence-corrected chi connectivity index (χ1v) is 12.0. The number of nitrogens with zero attached hydrogens (tertiary/aromatic N) is 2. The van der Waals surface area contributed by atoms with Crippen LogP contribution in [0.1, 0.15) is 42.5 Å². The molecule has 1 aliphatic carbocycles. The molecule has 0 saturated heterocycles. The quantitative estimate of drug-likeness (QED) is 0.516. The number of anilines is 1. The maximum Gasteiger partial charge on any atom is 0.416 e. The second-order valence-corrected chi connectivity index (χ2v) is 10.2. The van der Waals surface area contributed by atoms with E-state index in [1.807, 2.05) is 6.07 Å². The van der Waals surface area contributed by atoms with Crippen LogP contribution in [0.15, 0.2) is 58.6 Å². The Kier molecular flexibility index (Phi) is 5.93. The average Bonchev–Trinajstić information content (AvgIpc) is 3.18. The molecule has 0 aromatic heterocycles. The third-order valence-electron chi connectivity index (χ3n) is 5.87. The predicted octanol–water partition coefficient (Wildman–Crippen LogP) is 5.59. The van der Waals surface area contributed by atoms with Crippen LogP contribution in [0.3, 0.4) is 0 Å². The fraction of sp³-hybridized carbons (Fsp3) is 0.261. The van der Waals surface area contributed by atoms with Gasteiger partial charge in [0.25, 0.3) is 0 Å². The Morgan fingerprint density at radius 3 is 2.56 bits per heavy atom. The molecule has 0 spiro atoms. The van der Waals surface area contributed by atoms with Gasteiger partial charge in [-0.15, -0.1) is 0 Å². The summed E-state index contributed by atoms with van der Waals surface area (Å²) in [4.78, 5) is 27.1. The Balaban J connectivity index is 1.88. The third-order valence-corrected chi connectivity index (χ3v) is 7.73. The van der Waals surface area contributed by atoms with E-state index in [1.54, 1.807) is 6.92 Å². The zero-order chi connectivity index (χ0) is 24.8. The normalized spacial score (nSPS) is 19.1. The van der Waals surface area contributed by atoms with Gasteiger partial charge in [0.1, 0.15) is 0 Å². The molecule has 2 amide bonds. The molecule has 11 heteroatoms. The molecule has 7 nitrogen and oxygen atoms in total. The van der Waals surface area contributed by atoms with E-state index in [2.05, 4.69) is 5.32 Å². The lowest BCUT2D eigenvalue weighted by Gasteiger charge is -2.38. The fourth-order valence-electron chi connectivity index (χ4n) is 4.21. The highest BCUT2D eigenvalue weighted by Crippen LogP contribution is 2.53. The second-order valence-electron chi connectivity index (χ2n) is 7.87. The van der Waals surface area contributed by atoms with E-state index < -0.39 is 34.4 Å². The molecular formula is C23H20F3N3O4S. The number of Topliss-reactive ketones (excluding diaryl/α,β-unsaturated/α-hetero) is 1. The molecule has 3 N–H and O–H groups in total. The number of ketones is 1. The van der Waals surface area contributed by atoms with Crippen molar-refractivity contribution in [3.63, 3.8) is 0 Å². The van der Waals surface area contributed by atoms with Crippen molar-refractivity contribution in [2.24, 2.45) is 0 Å². The maximum atomic E-state index is 13.2. The second kappa shape index (κ2) is 8.47. The summed E-state index contributed by atoms with van der Waals surface area (Å²) in [7, 11) is -3.34. The highest BCUT2D eigenvalue weighted by Gasteiger charge is 2.43. The summed E-state index contributed by atoms with van der Waals surface area (Å²) in [6, 6.07) is 8.62. The van der Waals surface area contributed by atoms with Gasteiger partial charge in [-0.25, -0.2) is 4.79 Å². The van der Waals surface area contributed by atoms with Crippen LogP contribution in [0.25, 0.3) is 0 Å². The Hall–Kier alpha value is -3.33. The summed E-state index contributed by atoms with van der Waals surface area (Å²) < 4.78 is 61.0. The smallest absolute Gasteiger partial charge is 0.326 e. The van der Waals surface area contributed by atoms with Gasteiger partial charge in [0, 0.05) is 29.0 Å². The minimum atomic E-state index is -4.61. The van der Waals surface area contributed by atoms with Crippen molar-refractivity contribution in [1.82, 2.24) is 5.32 Å². The first-order valence-electron chi connectivity index (χ1n) is 10.3. The van der Waals surface area contributed by atoms with Gasteiger partial charge in [-0.3, -0.25) is 18.8 Å². The van der Waals surface area contributed by atoms with E-state index in [4.69, 9.17) is 0 Å². The summed E-state index contributed by atoms with van der Waals surface area (Å²) in [6.45, 7) is 1.55. The van der Waals surface area contributed by atoms with Crippen LogP contribution in [0, 0.1) is 11.3 Å². The average molecular weight is 491 g/mol. The summed E-state index contributed by atoms with van der Waals surface area (Å²) in [5.41, 5.74) is -0.105. The summed E-state index contributed by atoms with van der Waals surface area (Å²) in [6.07, 6.45) is -4.41. The van der Waals surface area contributed by atoms with Crippen molar-refractivity contribution >= 4 is 28.1 Å². The van der Waals surface area contributed by atoms with Crippen LogP contribution in [0.4, 0.5) is 23.7 Å². The molecule has 2 aliphatic rings. The lowest BCUT2D eigenvalue weighted by atomic mass is 9.94. The Morgan fingerprint density at radius 1 is 1.18 bits per heavy atom. The topological polar surface area (TPSA) is 114 Å². The number of alkyl halides is 3. The Bertz CT molecular complexity index is 1270. The molecule has 2 aromatic carbocycles. The molecule has 1 atom stereocenters. The molecule has 1 aliphatic heterocycles. The van der Waals surface area contributed by atoms with Crippen molar-refractivity contribution in [1.29, 1.82) is 5.26 Å². The number of halogens is 3. The van der Waals surface area contributed by atoms with Crippen LogP contribution in [-0.2, 0) is 11.0 Å². The molecule has 0 fully saturated rings. The molecular weight excluding hydrogens is 471 g/mol. The largest absolute Gasteiger partial charge is 0.416 e. The van der Waals surface area contributed by atoms with Gasteiger partial charge in [0.15, 0.2) is 5.78 Å². The number of rotatable bonds is 4. The summed E-state index contributed by atoms with van der Waals surface area (Å²) in [5, 5.41) is 11.9. The SMILES string of the molecule is CCS(O)(O)c1cc(C#N)ccc1[C@H]1NC(=O)N(c2cccc(C(F)(F)F)c2)C2=C1C(=O)CC2. The van der Waals surface area contributed by atoms with E-state index in [0.717, 1.165) is 17.0 Å². The van der Waals surface area contributed by atoms with Crippen molar-refractivity contribution < 1.29 is 31.9 Å². The molecule has 4 rings (SSSR count). The van der Waals surface area contributed by atoms with Gasteiger partial charge in [0.05, 0.1) is 33.8 Å². The number of carbonyl (C=O) groups is 2. The van der Waals surface area contributed by atoms with Gasteiger partial charge in [-0.1, -0.05) is 12.1 Å². The predicted molar refractivity (Wildman–Crippen MR) is 119 cm³/mol. The van der Waals surface area contributed by atoms with Crippen LogP contribution in [0.2, 0.25) is 0 Å². The zero-order valence-corrected chi connectivity index (χ0v) is 18.7. The molecule has 0 radical (unpaired) electrons. The summed E-state index contributed by atoms with van der Waals surface area (Å²) in [5.74, 6) is -0.355. The monoisotopic (exact) mass is 491 g/mol. The van der Waals surface area contributed by atoms with Gasteiger partial charge >= 0.3 is 12.2 Å². The number of hydrogen-bond acceptors (Lipinski definition) is 5. The minimum absolute atomic E-state index is 0.0362. The standard InChI is InChI=1S/C23H20F3N3O4S/c1-2-34(32,33)19-10-13(12-27)6-7-16(19)21-20-17(8-9-18(20)30)29(22(31)28-21)15-5-3-4-14(11-15)23(24,25)26/h3-7,10-11,21,32-33H,2,8-9H2,1H3,(H,28,31)/t21-/m1/s1. The van der Waals surface area contributed by atoms with E-state index in [-0.39, 0.29) is 57.4 Å². The number of urea groups is 1. The third kappa shape index (κ3) is 4.04. The molecule has 0 bridgehead atoms. The first-order chi connectivity index (χ1) is 16.0. The first kappa shape index (κ1) is 23.8. The van der Waals surface area contributed by atoms with Crippen molar-refractivity contribution in [3.8, 4) is 6.07 Å². The Labute approximate surface area is 194 Å². The molecule has 2 aromatic rings. The van der Waals surface area contributed by atoms with Crippen molar-refractivity contribution in [3.05, 3.63) is 70.4 Å². The fourth-order valence-corrected chi connectivity index (χ4v) is 5.40. The van der Waals surface area contributed by atoms with Gasteiger partial charge < -0.3 is 5.32 Å². The van der Waals surface area contributed by atoms with E-state index >= 15 is 0 Å². The summed E-state index contributed by atoms with van der Waals surface area (Å²) >= 11 is 0. The van der Waals surface area contributed by atoms with Crippen LogP contribution >= 0.6 is 10.6 Å². The zero-order valence-electron chi connectivity index (χ0n) is 17.9. The number of nitrogens with one attached hydrogen (secondary N) is 1. The van der Waals surface area contributed by atoms with Gasteiger partial charge in [-0.2, -0.15) is 29.0 Å². The highest BCUT2D eigenvalue weighted by molar-refractivity contribution is 8.24. The lowest BCUT2D eigenvalue weighted by molar-refractivity contribution is -0.137. The van der Waals surface area contributed by atoms with Crippen molar-refractivity contribution in [2.75, 3.05) is 10.7 Å². The molecule has 0 unspecified atom stereocenters. The number of carbonyl (C=O) groups excluding carboxylic acids is 2. The van der Waals surface area contributed by atoms with Crippen molar-refractivity contribution in [2.45, 2.75) is 36.9 Å². The van der Waals surface area contributed by atoms with Crippen LogP contribution < -0.4 is 10.2 Å². The molecule has 0 saturated carbocycles. The number of allylic oxidation sites excluding steroid dienone is 1. The minimum Gasteiger partial charge on any atom is -0.326 e. The molecule has 178 valence electrons.